The molecule has 3 heterocycles. The number of nitrogens with zero attached hydrogens (tertiary/aromatic N) is 3. The fraction of sp³-hybridized carbons (Fsp3) is 0.348. The molecule has 8 nitrogen and oxygen atoms in total. The molecule has 0 radical (unpaired) electrons. The number of primary amides is 1. The molecule has 31 heavy (non-hydrogen) atoms. The lowest BCUT2D eigenvalue weighted by atomic mass is 10.0. The van der Waals surface area contributed by atoms with Gasteiger partial charge >= 0.3 is 0 Å². The van der Waals surface area contributed by atoms with Crippen LogP contribution in [0.25, 0.3) is 10.9 Å². The highest BCUT2D eigenvalue weighted by atomic mass is 16.6. The number of hydrogen-bond donors (Lipinski definition) is 1. The van der Waals surface area contributed by atoms with Crippen LogP contribution >= 0.6 is 0 Å². The number of carbonyl (C=O) groups excluding carboxylic acids is 1. The molecule has 1 atom stereocenters. The van der Waals surface area contributed by atoms with Gasteiger partial charge in [0.05, 0.1) is 17.4 Å². The Morgan fingerprint density at radius 2 is 1.94 bits per heavy atom. The zero-order valence-electron chi connectivity index (χ0n) is 17.1. The van der Waals surface area contributed by atoms with Gasteiger partial charge in [0, 0.05) is 6.04 Å². The summed E-state index contributed by atoms with van der Waals surface area (Å²) in [6.45, 7) is 2.25. The van der Waals surface area contributed by atoms with Crippen molar-refractivity contribution in [1.29, 1.82) is 0 Å². The van der Waals surface area contributed by atoms with Gasteiger partial charge in [-0.15, -0.1) is 0 Å². The molecular formula is C23H24N4O4. The number of nitrogens with two attached hydrogens (primary N) is 1. The topological polar surface area (TPSA) is 99.7 Å². The fourth-order valence-electron chi connectivity index (χ4n) is 4.50. The summed E-state index contributed by atoms with van der Waals surface area (Å²) in [5.41, 5.74) is 6.96. The second-order valence-corrected chi connectivity index (χ2v) is 7.93. The van der Waals surface area contributed by atoms with E-state index in [0.717, 1.165) is 36.4 Å². The molecule has 3 aromatic rings. The molecule has 1 amide bonds. The van der Waals surface area contributed by atoms with Crippen LogP contribution in [0, 0.1) is 0 Å². The molecule has 2 aromatic carbocycles. The molecule has 5 rings (SSSR count). The normalized spacial score (nSPS) is 18.4. The molecule has 0 bridgehead atoms. The van der Waals surface area contributed by atoms with E-state index in [1.807, 2.05) is 24.3 Å². The Hall–Kier alpha value is -3.39. The number of likely N-dealkylation sites (tertiary alicyclic amines) is 1. The van der Waals surface area contributed by atoms with E-state index in [0.29, 0.717) is 36.5 Å². The van der Waals surface area contributed by atoms with Crippen molar-refractivity contribution in [2.75, 3.05) is 19.8 Å². The molecule has 2 N–H and O–H groups in total. The lowest BCUT2D eigenvalue weighted by molar-refractivity contribution is -0.118. The Balaban J connectivity index is 1.50. The summed E-state index contributed by atoms with van der Waals surface area (Å²) < 4.78 is 12.8. The van der Waals surface area contributed by atoms with Crippen molar-refractivity contribution in [2.24, 2.45) is 5.73 Å². The Morgan fingerprint density at radius 3 is 2.77 bits per heavy atom. The van der Waals surface area contributed by atoms with Gasteiger partial charge in [-0.25, -0.2) is 4.98 Å². The number of benzene rings is 2. The van der Waals surface area contributed by atoms with Crippen LogP contribution in [0.15, 0.2) is 47.3 Å². The first-order chi connectivity index (χ1) is 15.1. The van der Waals surface area contributed by atoms with Gasteiger partial charge in [0.1, 0.15) is 25.6 Å². The number of hydrogen-bond acceptors (Lipinski definition) is 6. The van der Waals surface area contributed by atoms with E-state index < -0.39 is 5.91 Å². The number of fused-ring (bicyclic) bond motifs is 2. The third-order valence-electron chi connectivity index (χ3n) is 5.91. The van der Waals surface area contributed by atoms with Gasteiger partial charge in [0.25, 0.3) is 5.56 Å². The molecule has 1 fully saturated rings. The quantitative estimate of drug-likeness (QED) is 0.678. The van der Waals surface area contributed by atoms with E-state index in [-0.39, 0.29) is 18.1 Å². The van der Waals surface area contributed by atoms with Gasteiger partial charge in [-0.3, -0.25) is 19.1 Å². The summed E-state index contributed by atoms with van der Waals surface area (Å²) in [7, 11) is 0. The van der Waals surface area contributed by atoms with E-state index >= 15 is 0 Å². The largest absolute Gasteiger partial charge is 0.486 e. The lowest BCUT2D eigenvalue weighted by Crippen LogP contribution is -2.34. The van der Waals surface area contributed by atoms with Crippen LogP contribution in [0.5, 0.6) is 11.5 Å². The van der Waals surface area contributed by atoms with Crippen LogP contribution < -0.4 is 20.8 Å². The van der Waals surface area contributed by atoms with Crippen LogP contribution in [0.3, 0.4) is 0 Å². The highest BCUT2D eigenvalue weighted by Crippen LogP contribution is 2.38. The van der Waals surface area contributed by atoms with Crippen molar-refractivity contribution in [3.63, 3.8) is 0 Å². The molecule has 160 valence electrons. The van der Waals surface area contributed by atoms with Crippen molar-refractivity contribution in [3.8, 4) is 11.5 Å². The first-order valence-electron chi connectivity index (χ1n) is 10.5. The average molecular weight is 420 g/mol. The number of carbonyl (C=O) groups is 1. The zero-order chi connectivity index (χ0) is 21.4. The van der Waals surface area contributed by atoms with Crippen molar-refractivity contribution in [3.05, 3.63) is 64.2 Å². The number of ether oxygens (including phenoxy) is 2. The number of aromatic nitrogens is 2. The Labute approximate surface area is 179 Å². The smallest absolute Gasteiger partial charge is 0.261 e. The van der Waals surface area contributed by atoms with Crippen LogP contribution in [0.4, 0.5) is 0 Å². The van der Waals surface area contributed by atoms with Gasteiger partial charge in [0.15, 0.2) is 11.5 Å². The second-order valence-electron chi connectivity index (χ2n) is 7.93. The van der Waals surface area contributed by atoms with Crippen molar-refractivity contribution >= 4 is 16.8 Å². The molecular weight excluding hydrogens is 396 g/mol. The van der Waals surface area contributed by atoms with Crippen LogP contribution in [0.1, 0.15) is 30.3 Å². The monoisotopic (exact) mass is 420 g/mol. The van der Waals surface area contributed by atoms with Crippen LogP contribution in [-0.4, -0.2) is 40.1 Å². The summed E-state index contributed by atoms with van der Waals surface area (Å²) >= 11 is 0. The number of rotatable bonds is 5. The summed E-state index contributed by atoms with van der Waals surface area (Å²) in [5.74, 6) is 1.52. The molecule has 2 aliphatic rings. The van der Waals surface area contributed by atoms with E-state index in [4.69, 9.17) is 20.2 Å². The van der Waals surface area contributed by atoms with Gasteiger partial charge in [0.2, 0.25) is 5.91 Å². The third kappa shape index (κ3) is 3.74. The Kier molecular flexibility index (Phi) is 5.07. The summed E-state index contributed by atoms with van der Waals surface area (Å²) in [6, 6.07) is 13.4. The first-order valence-corrected chi connectivity index (χ1v) is 10.5. The molecule has 2 aliphatic heterocycles. The molecule has 8 heteroatoms. The fourth-order valence-corrected chi connectivity index (χ4v) is 4.50. The second kappa shape index (κ2) is 8.03. The Bertz CT molecular complexity index is 1210. The van der Waals surface area contributed by atoms with Gasteiger partial charge in [-0.05, 0) is 49.2 Å². The SMILES string of the molecule is NC(=O)Cn1c(CN2CCC[C@H]2c2ccc3c(c2)OCCO3)nc2ccccc2c1=O. The maximum absolute atomic E-state index is 13.0. The first kappa shape index (κ1) is 19.6. The minimum atomic E-state index is -0.565. The number of amides is 1. The third-order valence-corrected chi connectivity index (χ3v) is 5.91. The van der Waals surface area contributed by atoms with Crippen molar-refractivity contribution < 1.29 is 14.3 Å². The van der Waals surface area contributed by atoms with Crippen LogP contribution in [-0.2, 0) is 17.9 Å². The highest BCUT2D eigenvalue weighted by molar-refractivity contribution is 5.78. The standard InChI is InChI=1S/C23H24N4O4/c24-21(28)13-27-22(25-17-5-2-1-4-16(17)23(27)29)14-26-9-3-6-18(26)15-7-8-19-20(12-15)31-11-10-30-19/h1-2,4-5,7-8,12,18H,3,6,9-11,13-14H2,(H2,24,28)/t18-/m0/s1. The predicted molar refractivity (Wildman–Crippen MR) is 115 cm³/mol. The molecule has 1 aromatic heterocycles. The van der Waals surface area contributed by atoms with Crippen molar-refractivity contribution in [2.45, 2.75) is 32.0 Å². The molecule has 0 spiro atoms. The molecule has 1 saturated heterocycles. The van der Waals surface area contributed by atoms with Gasteiger partial charge in [-0.1, -0.05) is 18.2 Å². The zero-order valence-corrected chi connectivity index (χ0v) is 17.1. The minimum absolute atomic E-state index is 0.168. The summed E-state index contributed by atoms with van der Waals surface area (Å²) in [5, 5.41) is 0.484. The lowest BCUT2D eigenvalue weighted by Gasteiger charge is -2.27. The maximum Gasteiger partial charge on any atom is 0.261 e. The van der Waals surface area contributed by atoms with E-state index in [9.17, 15) is 9.59 Å². The van der Waals surface area contributed by atoms with Gasteiger partial charge in [-0.2, -0.15) is 0 Å². The molecule has 0 unspecified atom stereocenters. The molecule has 0 saturated carbocycles. The van der Waals surface area contributed by atoms with Crippen molar-refractivity contribution in [1.82, 2.24) is 14.5 Å². The maximum atomic E-state index is 13.0. The number of para-hydroxylation sites is 1. The summed E-state index contributed by atoms with van der Waals surface area (Å²) in [6.07, 6.45) is 2.03. The van der Waals surface area contributed by atoms with Gasteiger partial charge < -0.3 is 15.2 Å². The average Bonchev–Trinajstić information content (AvgIpc) is 3.24. The summed E-state index contributed by atoms with van der Waals surface area (Å²) in [4.78, 5) is 31.7. The van der Waals surface area contributed by atoms with Crippen LogP contribution in [0.2, 0.25) is 0 Å². The van der Waals surface area contributed by atoms with E-state index in [2.05, 4.69) is 11.0 Å². The van der Waals surface area contributed by atoms with E-state index in [1.165, 1.54) is 4.57 Å². The Morgan fingerprint density at radius 1 is 1.13 bits per heavy atom. The van der Waals surface area contributed by atoms with E-state index in [1.54, 1.807) is 12.1 Å². The molecule has 0 aliphatic carbocycles. The highest BCUT2D eigenvalue weighted by Gasteiger charge is 2.29. The minimum Gasteiger partial charge on any atom is -0.486 e. The predicted octanol–water partition coefficient (Wildman–Crippen LogP) is 1.99.